The van der Waals surface area contributed by atoms with E-state index in [2.05, 4.69) is 66.0 Å². The highest BCUT2D eigenvalue weighted by Crippen LogP contribution is 2.31. The zero-order chi connectivity index (χ0) is 21.8. The lowest BCUT2D eigenvalue weighted by atomic mass is 10.2. The van der Waals surface area contributed by atoms with Crippen molar-refractivity contribution in [3.8, 4) is 0 Å². The smallest absolute Gasteiger partial charge is 0.229 e. The number of benzene rings is 2. The van der Waals surface area contributed by atoms with Crippen LogP contribution in [0, 0.1) is 0 Å². The van der Waals surface area contributed by atoms with E-state index in [0.717, 1.165) is 47.6 Å². The molecule has 0 bridgehead atoms. The summed E-state index contributed by atoms with van der Waals surface area (Å²) < 4.78 is 1.04. The number of halogens is 2. The first-order valence-electron chi connectivity index (χ1n) is 10.0. The van der Waals surface area contributed by atoms with E-state index >= 15 is 0 Å². The van der Waals surface area contributed by atoms with Gasteiger partial charge in [-0.05, 0) is 58.9 Å². The quantitative estimate of drug-likeness (QED) is 0.449. The van der Waals surface area contributed by atoms with Crippen molar-refractivity contribution in [3.05, 3.63) is 70.3 Å². The molecule has 0 radical (unpaired) electrons. The zero-order valence-electron chi connectivity index (χ0n) is 17.3. The van der Waals surface area contributed by atoms with Crippen molar-refractivity contribution in [2.75, 3.05) is 48.8 Å². The van der Waals surface area contributed by atoms with E-state index in [0.29, 0.717) is 16.8 Å². The number of anilines is 5. The van der Waals surface area contributed by atoms with Gasteiger partial charge in [-0.15, -0.1) is 0 Å². The van der Waals surface area contributed by atoms with Crippen molar-refractivity contribution in [1.29, 1.82) is 0 Å². The maximum absolute atomic E-state index is 6.31. The second-order valence-electron chi connectivity index (χ2n) is 7.43. The molecule has 8 heteroatoms. The van der Waals surface area contributed by atoms with Gasteiger partial charge < -0.3 is 20.4 Å². The maximum atomic E-state index is 6.31. The van der Waals surface area contributed by atoms with Crippen LogP contribution in [-0.2, 0) is 0 Å². The molecule has 1 aromatic heterocycles. The van der Waals surface area contributed by atoms with Crippen LogP contribution in [-0.4, -0.2) is 48.1 Å². The molecule has 1 saturated heterocycles. The molecule has 0 saturated carbocycles. The summed E-state index contributed by atoms with van der Waals surface area (Å²) in [6.07, 6.45) is 3.38. The van der Waals surface area contributed by atoms with Crippen LogP contribution >= 0.6 is 27.5 Å². The molecule has 1 aliphatic rings. The Morgan fingerprint density at radius 1 is 1.06 bits per heavy atom. The lowest BCUT2D eigenvalue weighted by molar-refractivity contribution is 0.312. The molecule has 2 heterocycles. The van der Waals surface area contributed by atoms with Crippen LogP contribution < -0.4 is 15.5 Å². The third-order valence-corrected chi connectivity index (χ3v) is 6.09. The van der Waals surface area contributed by atoms with E-state index in [1.165, 1.54) is 5.69 Å². The van der Waals surface area contributed by atoms with Gasteiger partial charge in [0.2, 0.25) is 5.95 Å². The van der Waals surface area contributed by atoms with Crippen LogP contribution in [0.5, 0.6) is 0 Å². The molecule has 160 valence electrons. The van der Waals surface area contributed by atoms with Gasteiger partial charge in [0.05, 0.1) is 11.9 Å². The number of rotatable bonds is 6. The molecule has 1 fully saturated rings. The Kier molecular flexibility index (Phi) is 6.75. The predicted octanol–water partition coefficient (Wildman–Crippen LogP) is 5.77. The molecule has 6 nitrogen and oxygen atoms in total. The summed E-state index contributed by atoms with van der Waals surface area (Å²) in [6, 6.07) is 14.1. The van der Waals surface area contributed by atoms with Gasteiger partial charge in [0.25, 0.3) is 0 Å². The highest BCUT2D eigenvalue weighted by atomic mass is 79.9. The van der Waals surface area contributed by atoms with Gasteiger partial charge in [-0.3, -0.25) is 0 Å². The molecule has 3 aromatic rings. The van der Waals surface area contributed by atoms with E-state index in [1.807, 2.05) is 36.4 Å². The fourth-order valence-corrected chi connectivity index (χ4v) is 4.18. The molecule has 0 unspecified atom stereocenters. The maximum Gasteiger partial charge on any atom is 0.229 e. The summed E-state index contributed by atoms with van der Waals surface area (Å²) in [7, 11) is 2.16. The summed E-state index contributed by atoms with van der Waals surface area (Å²) in [4.78, 5) is 13.6. The Hall–Kier alpha value is -2.61. The summed E-state index contributed by atoms with van der Waals surface area (Å²) in [6.45, 7) is 7.97. The zero-order valence-corrected chi connectivity index (χ0v) is 19.6. The van der Waals surface area contributed by atoms with E-state index in [-0.39, 0.29) is 0 Å². The van der Waals surface area contributed by atoms with Crippen LogP contribution in [0.2, 0.25) is 5.02 Å². The largest absolute Gasteiger partial charge is 0.368 e. The summed E-state index contributed by atoms with van der Waals surface area (Å²) in [5.41, 5.74) is 3.98. The van der Waals surface area contributed by atoms with Crippen molar-refractivity contribution in [3.63, 3.8) is 0 Å². The van der Waals surface area contributed by atoms with Crippen molar-refractivity contribution in [2.45, 2.75) is 0 Å². The number of aromatic nitrogens is 2. The first-order chi connectivity index (χ1) is 15.0. The van der Waals surface area contributed by atoms with Crippen LogP contribution in [0.15, 0.2) is 59.7 Å². The van der Waals surface area contributed by atoms with Gasteiger partial charge in [-0.1, -0.05) is 36.4 Å². The van der Waals surface area contributed by atoms with Crippen LogP contribution in [0.25, 0.3) is 6.08 Å². The number of likely N-dealkylation sites (N-methyl/N-ethyl adjacent to an activating group) is 1. The highest BCUT2D eigenvalue weighted by molar-refractivity contribution is 9.10. The van der Waals surface area contributed by atoms with Crippen molar-refractivity contribution in [1.82, 2.24) is 14.9 Å². The number of nitrogens with one attached hydrogen (secondary N) is 2. The fraction of sp³-hybridized carbons (Fsp3) is 0.217. The minimum Gasteiger partial charge on any atom is -0.368 e. The van der Waals surface area contributed by atoms with Crippen molar-refractivity contribution in [2.24, 2.45) is 0 Å². The van der Waals surface area contributed by atoms with Gasteiger partial charge in [0.1, 0.15) is 5.02 Å². The normalized spacial score (nSPS) is 14.4. The lowest BCUT2D eigenvalue weighted by Gasteiger charge is -2.34. The third kappa shape index (κ3) is 5.36. The molecule has 0 spiro atoms. The molecular formula is C23H24BrClN6. The Morgan fingerprint density at radius 2 is 1.84 bits per heavy atom. The molecule has 1 aliphatic heterocycles. The van der Waals surface area contributed by atoms with Gasteiger partial charge in [0.15, 0.2) is 5.82 Å². The standard InChI is InChI=1S/C23H24BrClN6/c1-3-16-5-4-6-17(13-16)27-22-20(25)15-26-23(29-22)28-18-7-8-21(19(24)14-18)31-11-9-30(2)10-12-31/h3-8,13-15H,1,9-12H2,2H3,(H2,26,27,28,29). The van der Waals surface area contributed by atoms with E-state index in [9.17, 15) is 0 Å². The Bertz CT molecular complexity index is 1080. The first-order valence-corrected chi connectivity index (χ1v) is 11.2. The molecular weight excluding hydrogens is 476 g/mol. The first kappa shape index (κ1) is 21.6. The van der Waals surface area contributed by atoms with Gasteiger partial charge in [-0.2, -0.15) is 4.98 Å². The monoisotopic (exact) mass is 498 g/mol. The van der Waals surface area contributed by atoms with E-state index in [4.69, 9.17) is 11.6 Å². The second-order valence-corrected chi connectivity index (χ2v) is 8.69. The summed E-state index contributed by atoms with van der Waals surface area (Å²) >= 11 is 10.0. The number of piperazine rings is 1. The Morgan fingerprint density at radius 3 is 2.58 bits per heavy atom. The summed E-state index contributed by atoms with van der Waals surface area (Å²) in [5.74, 6) is 1.000. The molecule has 0 amide bonds. The van der Waals surface area contributed by atoms with Gasteiger partial charge >= 0.3 is 0 Å². The highest BCUT2D eigenvalue weighted by Gasteiger charge is 2.17. The molecule has 0 atom stereocenters. The third-order valence-electron chi connectivity index (χ3n) is 5.18. The van der Waals surface area contributed by atoms with Crippen LogP contribution in [0.1, 0.15) is 5.56 Å². The lowest BCUT2D eigenvalue weighted by Crippen LogP contribution is -2.44. The number of hydrogen-bond donors (Lipinski definition) is 2. The summed E-state index contributed by atoms with van der Waals surface area (Å²) in [5, 5.41) is 6.96. The van der Waals surface area contributed by atoms with Gasteiger partial charge in [0, 0.05) is 42.0 Å². The van der Waals surface area contributed by atoms with Crippen LogP contribution in [0.3, 0.4) is 0 Å². The molecule has 31 heavy (non-hydrogen) atoms. The average Bonchev–Trinajstić information content (AvgIpc) is 2.77. The topological polar surface area (TPSA) is 56.3 Å². The molecule has 2 aromatic carbocycles. The number of hydrogen-bond acceptors (Lipinski definition) is 6. The van der Waals surface area contributed by atoms with E-state index < -0.39 is 0 Å². The minimum atomic E-state index is 0.446. The molecule has 0 aliphatic carbocycles. The van der Waals surface area contributed by atoms with Crippen molar-refractivity contribution >= 4 is 62.4 Å². The van der Waals surface area contributed by atoms with E-state index in [1.54, 1.807) is 12.3 Å². The van der Waals surface area contributed by atoms with Crippen molar-refractivity contribution < 1.29 is 0 Å². The fourth-order valence-electron chi connectivity index (χ4n) is 3.41. The Labute approximate surface area is 196 Å². The number of nitrogens with zero attached hydrogens (tertiary/aromatic N) is 4. The Balaban J connectivity index is 1.49. The van der Waals surface area contributed by atoms with Gasteiger partial charge in [-0.25, -0.2) is 4.98 Å². The SMILES string of the molecule is C=Cc1cccc(Nc2nc(Nc3ccc(N4CCN(C)CC4)c(Br)c3)ncc2Cl)c1. The minimum absolute atomic E-state index is 0.446. The van der Waals surface area contributed by atoms with Crippen LogP contribution in [0.4, 0.5) is 28.8 Å². The molecule has 2 N–H and O–H groups in total. The second kappa shape index (κ2) is 9.68. The predicted molar refractivity (Wildman–Crippen MR) is 134 cm³/mol. The average molecular weight is 500 g/mol. The molecule has 4 rings (SSSR count).